The van der Waals surface area contributed by atoms with Crippen molar-refractivity contribution in [3.8, 4) is 5.75 Å². The Balaban J connectivity index is 1.91. The molecule has 0 spiro atoms. The van der Waals surface area contributed by atoms with Crippen molar-refractivity contribution in [1.29, 1.82) is 0 Å². The van der Waals surface area contributed by atoms with E-state index < -0.39 is 34.8 Å². The van der Waals surface area contributed by atoms with Crippen LogP contribution in [0.1, 0.15) is 16.7 Å². The Morgan fingerprint density at radius 2 is 1.06 bits per heavy atom. The first-order valence-electron chi connectivity index (χ1n) is 11.4. The number of carbonyl (C=O) groups is 1. The smallest absolute Gasteiger partial charge is 0.378 e. The fourth-order valence-corrected chi connectivity index (χ4v) is 4.78. The largest absolute Gasteiger partial charge is 0.505 e. The standard InChI is InChI=1S/C30H24O6/c31-25-26(32)28(33)35-27(25)29(34,21-13-5-1-6-14-21)30(22-15-7-2-8-16-22,23-17-9-3-10-18-23)36-24-19-11-4-12-20-24/h1-20,27,31-32,34H/t27-,29+/m0/s1. The summed E-state index contributed by atoms with van der Waals surface area (Å²) in [5, 5.41) is 34.1. The van der Waals surface area contributed by atoms with Crippen molar-refractivity contribution >= 4 is 5.97 Å². The molecule has 1 aliphatic heterocycles. The summed E-state index contributed by atoms with van der Waals surface area (Å²) in [5.74, 6) is -2.44. The number of aliphatic hydroxyl groups is 3. The summed E-state index contributed by atoms with van der Waals surface area (Å²) < 4.78 is 12.2. The highest BCUT2D eigenvalue weighted by molar-refractivity contribution is 5.89. The lowest BCUT2D eigenvalue weighted by Crippen LogP contribution is -2.61. The summed E-state index contributed by atoms with van der Waals surface area (Å²) >= 11 is 0. The number of para-hydroxylation sites is 1. The van der Waals surface area contributed by atoms with Gasteiger partial charge in [-0.15, -0.1) is 0 Å². The van der Waals surface area contributed by atoms with E-state index in [1.165, 1.54) is 0 Å². The van der Waals surface area contributed by atoms with Crippen LogP contribution in [0.2, 0.25) is 0 Å². The van der Waals surface area contributed by atoms with Gasteiger partial charge in [-0.1, -0.05) is 109 Å². The van der Waals surface area contributed by atoms with Gasteiger partial charge in [0.1, 0.15) is 5.75 Å². The molecule has 1 aliphatic rings. The molecule has 2 atom stereocenters. The second-order valence-electron chi connectivity index (χ2n) is 8.48. The summed E-state index contributed by atoms with van der Waals surface area (Å²) in [6, 6.07) is 35.6. The van der Waals surface area contributed by atoms with Crippen molar-refractivity contribution < 1.29 is 29.6 Å². The van der Waals surface area contributed by atoms with Crippen LogP contribution in [0, 0.1) is 0 Å². The summed E-state index contributed by atoms with van der Waals surface area (Å²) in [6.45, 7) is 0. The van der Waals surface area contributed by atoms with Gasteiger partial charge < -0.3 is 24.8 Å². The number of carbonyl (C=O) groups excluding carboxylic acids is 1. The van der Waals surface area contributed by atoms with Gasteiger partial charge in [0.2, 0.25) is 11.9 Å². The molecular formula is C30H24O6. The van der Waals surface area contributed by atoms with Crippen molar-refractivity contribution in [2.75, 3.05) is 0 Å². The number of esters is 1. The molecule has 0 bridgehead atoms. The van der Waals surface area contributed by atoms with Gasteiger partial charge in [0.05, 0.1) is 0 Å². The van der Waals surface area contributed by atoms with Crippen molar-refractivity contribution in [3.05, 3.63) is 150 Å². The van der Waals surface area contributed by atoms with E-state index in [0.717, 1.165) is 0 Å². The van der Waals surface area contributed by atoms with Gasteiger partial charge in [-0.2, -0.15) is 0 Å². The maximum Gasteiger partial charge on any atom is 0.378 e. The fraction of sp³-hybridized carbons (Fsp3) is 0.100. The van der Waals surface area contributed by atoms with Crippen molar-refractivity contribution in [2.45, 2.75) is 17.3 Å². The zero-order valence-electron chi connectivity index (χ0n) is 19.2. The van der Waals surface area contributed by atoms with Crippen LogP contribution in [0.5, 0.6) is 5.75 Å². The highest BCUT2D eigenvalue weighted by atomic mass is 16.6. The SMILES string of the molecule is O=C1O[C@H]([C@](O)(c2ccccc2)C(Oc2ccccc2)(c2ccccc2)c2ccccc2)C(O)=C1O. The average Bonchev–Trinajstić information content (AvgIpc) is 3.21. The number of ether oxygens (including phenoxy) is 2. The molecule has 4 aromatic carbocycles. The first kappa shape index (κ1) is 23.2. The van der Waals surface area contributed by atoms with Crippen molar-refractivity contribution in [1.82, 2.24) is 0 Å². The van der Waals surface area contributed by atoms with E-state index in [1.54, 1.807) is 103 Å². The maximum atomic E-state index is 13.0. The topological polar surface area (TPSA) is 96.2 Å². The van der Waals surface area contributed by atoms with Gasteiger partial charge in [0.25, 0.3) is 0 Å². The minimum absolute atomic E-state index is 0.299. The van der Waals surface area contributed by atoms with E-state index in [9.17, 15) is 20.1 Å². The van der Waals surface area contributed by atoms with E-state index in [1.807, 2.05) is 18.2 Å². The molecule has 0 fully saturated rings. The molecule has 0 radical (unpaired) electrons. The molecule has 0 amide bonds. The number of hydrogen-bond donors (Lipinski definition) is 3. The Hall–Kier alpha value is -4.55. The first-order chi connectivity index (χ1) is 17.5. The molecule has 180 valence electrons. The van der Waals surface area contributed by atoms with Crippen molar-refractivity contribution in [2.24, 2.45) is 0 Å². The van der Waals surface area contributed by atoms with Gasteiger partial charge in [-0.05, 0) is 17.7 Å². The summed E-state index contributed by atoms with van der Waals surface area (Å²) in [7, 11) is 0. The number of rotatable bonds is 7. The first-order valence-corrected chi connectivity index (χ1v) is 11.4. The van der Waals surface area contributed by atoms with Gasteiger partial charge in [0, 0.05) is 11.1 Å². The predicted molar refractivity (Wildman–Crippen MR) is 133 cm³/mol. The predicted octanol–water partition coefficient (Wildman–Crippen LogP) is 5.15. The molecule has 5 rings (SSSR count). The van der Waals surface area contributed by atoms with Crippen LogP contribution in [0.3, 0.4) is 0 Å². The number of benzene rings is 4. The van der Waals surface area contributed by atoms with Crippen LogP contribution in [-0.2, 0) is 20.7 Å². The monoisotopic (exact) mass is 480 g/mol. The number of cyclic esters (lactones) is 1. The number of aliphatic hydroxyl groups excluding tert-OH is 2. The molecule has 0 aliphatic carbocycles. The number of hydrogen-bond acceptors (Lipinski definition) is 6. The molecule has 3 N–H and O–H groups in total. The van der Waals surface area contributed by atoms with Crippen LogP contribution in [0.4, 0.5) is 0 Å². The van der Waals surface area contributed by atoms with E-state index >= 15 is 0 Å². The summed E-state index contributed by atoms with van der Waals surface area (Å²) in [5.41, 5.74) is -2.66. The Morgan fingerprint density at radius 3 is 1.47 bits per heavy atom. The van der Waals surface area contributed by atoms with Crippen LogP contribution in [-0.4, -0.2) is 27.4 Å². The van der Waals surface area contributed by atoms with Crippen LogP contribution >= 0.6 is 0 Å². The Morgan fingerprint density at radius 1 is 0.639 bits per heavy atom. The minimum Gasteiger partial charge on any atom is -0.505 e. The molecular weight excluding hydrogens is 456 g/mol. The highest BCUT2D eigenvalue weighted by Gasteiger charge is 2.65. The van der Waals surface area contributed by atoms with Gasteiger partial charge in [-0.3, -0.25) is 0 Å². The fourth-order valence-electron chi connectivity index (χ4n) is 4.78. The molecule has 0 saturated carbocycles. The lowest BCUT2D eigenvalue weighted by Gasteiger charge is -2.49. The summed E-state index contributed by atoms with van der Waals surface area (Å²) in [6.07, 6.45) is -1.68. The quantitative estimate of drug-likeness (QED) is 0.317. The third-order valence-corrected chi connectivity index (χ3v) is 6.41. The molecule has 1 heterocycles. The zero-order chi connectivity index (χ0) is 25.2. The van der Waals surface area contributed by atoms with Crippen LogP contribution < -0.4 is 4.74 Å². The van der Waals surface area contributed by atoms with Gasteiger partial charge in [0.15, 0.2) is 17.0 Å². The third-order valence-electron chi connectivity index (χ3n) is 6.41. The zero-order valence-corrected chi connectivity index (χ0v) is 19.2. The Kier molecular flexibility index (Phi) is 5.96. The lowest BCUT2D eigenvalue weighted by atomic mass is 9.66. The molecule has 0 saturated heterocycles. The Bertz CT molecular complexity index is 1330. The van der Waals surface area contributed by atoms with E-state index in [0.29, 0.717) is 22.4 Å². The normalized spacial score (nSPS) is 17.4. The Labute approximate surface area is 208 Å². The highest BCUT2D eigenvalue weighted by Crippen LogP contribution is 2.53. The van der Waals surface area contributed by atoms with Crippen LogP contribution in [0.15, 0.2) is 133 Å². The minimum atomic E-state index is -2.25. The lowest BCUT2D eigenvalue weighted by molar-refractivity contribution is -0.195. The van der Waals surface area contributed by atoms with E-state index in [2.05, 4.69) is 0 Å². The second-order valence-corrected chi connectivity index (χ2v) is 8.48. The third kappa shape index (κ3) is 3.59. The maximum absolute atomic E-state index is 13.0. The van der Waals surface area contributed by atoms with Crippen LogP contribution in [0.25, 0.3) is 0 Å². The molecule has 0 aromatic heterocycles. The summed E-state index contributed by atoms with van der Waals surface area (Å²) in [4.78, 5) is 12.4. The van der Waals surface area contributed by atoms with E-state index in [4.69, 9.17) is 9.47 Å². The second kappa shape index (κ2) is 9.24. The van der Waals surface area contributed by atoms with Crippen molar-refractivity contribution in [3.63, 3.8) is 0 Å². The molecule has 0 unspecified atom stereocenters. The molecule has 4 aromatic rings. The van der Waals surface area contributed by atoms with Gasteiger partial charge >= 0.3 is 5.97 Å². The van der Waals surface area contributed by atoms with E-state index in [-0.39, 0.29) is 0 Å². The molecule has 36 heavy (non-hydrogen) atoms. The van der Waals surface area contributed by atoms with Gasteiger partial charge in [-0.25, -0.2) is 4.79 Å². The average molecular weight is 481 g/mol. The molecule has 6 heteroatoms. The molecule has 6 nitrogen and oxygen atoms in total.